The zero-order valence-electron chi connectivity index (χ0n) is 15.6. The summed E-state index contributed by atoms with van der Waals surface area (Å²) >= 11 is 0. The summed E-state index contributed by atoms with van der Waals surface area (Å²) in [5.74, 6) is 1.50. The van der Waals surface area contributed by atoms with Gasteiger partial charge in [0.05, 0.1) is 25.8 Å². The number of hydrogen-bond donors (Lipinski definition) is 1. The maximum absolute atomic E-state index is 5.52. The molecule has 1 saturated heterocycles. The van der Waals surface area contributed by atoms with Gasteiger partial charge in [-0.15, -0.1) is 0 Å². The second-order valence-corrected chi connectivity index (χ2v) is 7.38. The quantitative estimate of drug-likeness (QED) is 0.905. The molecule has 5 nitrogen and oxygen atoms in total. The van der Waals surface area contributed by atoms with E-state index in [1.165, 1.54) is 23.4 Å². The van der Waals surface area contributed by atoms with Crippen LogP contribution < -0.4 is 14.8 Å². The highest BCUT2D eigenvalue weighted by atomic mass is 16.5. The number of rotatable bonds is 5. The van der Waals surface area contributed by atoms with E-state index in [9.17, 15) is 0 Å². The number of fused-ring (bicyclic) bond motifs is 2. The molecule has 0 saturated carbocycles. The molecule has 0 amide bonds. The molecule has 0 spiro atoms. The molecular weight excluding hydrogens is 314 g/mol. The van der Waals surface area contributed by atoms with Crippen LogP contribution in [0, 0.1) is 0 Å². The third kappa shape index (κ3) is 2.80. The summed E-state index contributed by atoms with van der Waals surface area (Å²) in [5, 5.41) is 4.96. The molecule has 1 aromatic heterocycles. The van der Waals surface area contributed by atoms with Gasteiger partial charge < -0.3 is 14.8 Å². The summed E-state index contributed by atoms with van der Waals surface area (Å²) < 4.78 is 11.0. The number of aryl methyl sites for hydroxylation is 1. The van der Waals surface area contributed by atoms with E-state index >= 15 is 0 Å². The monoisotopic (exact) mass is 341 g/mol. The Kier molecular flexibility index (Phi) is 4.20. The smallest absolute Gasteiger partial charge is 0.162 e. The van der Waals surface area contributed by atoms with Gasteiger partial charge in [0.15, 0.2) is 11.5 Å². The lowest BCUT2D eigenvalue weighted by atomic mass is 10.0. The lowest BCUT2D eigenvalue weighted by Gasteiger charge is -2.43. The third-order valence-electron chi connectivity index (χ3n) is 5.51. The lowest BCUT2D eigenvalue weighted by molar-refractivity contribution is 0.122. The van der Waals surface area contributed by atoms with Crippen molar-refractivity contribution >= 4 is 16.6 Å². The maximum Gasteiger partial charge on any atom is 0.162 e. The minimum Gasteiger partial charge on any atom is -0.493 e. The molecule has 1 N–H and O–H groups in total. The number of nitrogens with one attached hydrogen (secondary N) is 1. The topological polar surface area (TPSA) is 46.6 Å². The Morgan fingerprint density at radius 1 is 1.12 bits per heavy atom. The van der Waals surface area contributed by atoms with Crippen LogP contribution in [0.3, 0.4) is 0 Å². The number of anilines is 1. The Morgan fingerprint density at radius 2 is 1.84 bits per heavy atom. The normalized spacial score (nSPS) is 17.6. The lowest BCUT2D eigenvalue weighted by Crippen LogP contribution is -2.57. The van der Waals surface area contributed by atoms with Crippen LogP contribution in [0.15, 0.2) is 12.1 Å². The molecule has 0 radical (unpaired) electrons. The molecule has 2 heterocycles. The van der Waals surface area contributed by atoms with E-state index in [0.717, 1.165) is 48.3 Å². The fraction of sp³-hybridized carbons (Fsp3) is 0.550. The minimum absolute atomic E-state index is 0.505. The van der Waals surface area contributed by atoms with Crippen LogP contribution in [0.25, 0.3) is 10.9 Å². The van der Waals surface area contributed by atoms with Crippen molar-refractivity contribution in [3.05, 3.63) is 23.4 Å². The summed E-state index contributed by atoms with van der Waals surface area (Å²) in [6.45, 7) is 6.72. The van der Waals surface area contributed by atoms with Crippen LogP contribution in [0.5, 0.6) is 11.5 Å². The third-order valence-corrected chi connectivity index (χ3v) is 5.51. The molecule has 5 heteroatoms. The van der Waals surface area contributed by atoms with E-state index in [4.69, 9.17) is 14.5 Å². The van der Waals surface area contributed by atoms with Crippen molar-refractivity contribution < 1.29 is 9.47 Å². The largest absolute Gasteiger partial charge is 0.493 e. The average Bonchev–Trinajstić information content (AvgIpc) is 3.03. The summed E-state index contributed by atoms with van der Waals surface area (Å²) in [4.78, 5) is 7.40. The summed E-state index contributed by atoms with van der Waals surface area (Å²) in [5.41, 5.74) is 4.87. The zero-order valence-corrected chi connectivity index (χ0v) is 15.6. The number of nitrogens with zero attached hydrogens (tertiary/aromatic N) is 2. The maximum atomic E-state index is 5.52. The SMILES string of the molecule is COc1cc2nc3c(c(NC4CN(C(C)C)C4)c2cc1OC)CCC3. The summed E-state index contributed by atoms with van der Waals surface area (Å²) in [6.07, 6.45) is 3.36. The number of aromatic nitrogens is 1. The molecule has 4 rings (SSSR count). The highest BCUT2D eigenvalue weighted by molar-refractivity contribution is 5.96. The number of hydrogen-bond acceptors (Lipinski definition) is 5. The van der Waals surface area contributed by atoms with Gasteiger partial charge in [0.25, 0.3) is 0 Å². The van der Waals surface area contributed by atoms with E-state index < -0.39 is 0 Å². The van der Waals surface area contributed by atoms with E-state index in [1.807, 2.05) is 6.07 Å². The van der Waals surface area contributed by atoms with Gasteiger partial charge >= 0.3 is 0 Å². The van der Waals surface area contributed by atoms with E-state index in [1.54, 1.807) is 14.2 Å². The highest BCUT2D eigenvalue weighted by Gasteiger charge is 2.30. The second-order valence-electron chi connectivity index (χ2n) is 7.38. The summed E-state index contributed by atoms with van der Waals surface area (Å²) in [7, 11) is 3.36. The van der Waals surface area contributed by atoms with E-state index in [0.29, 0.717) is 12.1 Å². The average molecular weight is 341 g/mol. The highest BCUT2D eigenvalue weighted by Crippen LogP contribution is 2.40. The first kappa shape index (κ1) is 16.5. The van der Waals surface area contributed by atoms with Gasteiger partial charge in [0, 0.05) is 42.0 Å². The second kappa shape index (κ2) is 6.37. The van der Waals surface area contributed by atoms with Gasteiger partial charge in [0.1, 0.15) is 0 Å². The Hall–Kier alpha value is -2.01. The van der Waals surface area contributed by atoms with Crippen molar-refractivity contribution in [2.75, 3.05) is 32.6 Å². The molecule has 1 fully saturated rings. The van der Waals surface area contributed by atoms with Crippen LogP contribution in [-0.4, -0.2) is 49.3 Å². The molecule has 1 aromatic carbocycles. The first-order valence-corrected chi connectivity index (χ1v) is 9.18. The van der Waals surface area contributed by atoms with Crippen molar-refractivity contribution in [2.24, 2.45) is 0 Å². The van der Waals surface area contributed by atoms with Crippen molar-refractivity contribution in [2.45, 2.75) is 45.2 Å². The predicted molar refractivity (Wildman–Crippen MR) is 101 cm³/mol. The molecule has 134 valence electrons. The Labute approximate surface area is 149 Å². The molecule has 2 aliphatic rings. The molecule has 2 aromatic rings. The van der Waals surface area contributed by atoms with Crippen molar-refractivity contribution in [3.63, 3.8) is 0 Å². The van der Waals surface area contributed by atoms with Crippen LogP contribution in [0.2, 0.25) is 0 Å². The summed E-state index contributed by atoms with van der Waals surface area (Å²) in [6, 6.07) is 5.19. The number of likely N-dealkylation sites (tertiary alicyclic amines) is 1. The van der Waals surface area contributed by atoms with Crippen LogP contribution in [0.1, 0.15) is 31.5 Å². The van der Waals surface area contributed by atoms with Gasteiger partial charge in [-0.25, -0.2) is 0 Å². The van der Waals surface area contributed by atoms with Gasteiger partial charge in [-0.2, -0.15) is 0 Å². The van der Waals surface area contributed by atoms with Crippen LogP contribution in [0.4, 0.5) is 5.69 Å². The fourth-order valence-corrected chi connectivity index (χ4v) is 3.98. The van der Waals surface area contributed by atoms with Crippen LogP contribution >= 0.6 is 0 Å². The Morgan fingerprint density at radius 3 is 2.52 bits per heavy atom. The van der Waals surface area contributed by atoms with Crippen molar-refractivity contribution in [1.29, 1.82) is 0 Å². The predicted octanol–water partition coefficient (Wildman–Crippen LogP) is 3.25. The number of benzene rings is 1. The Bertz CT molecular complexity index is 797. The fourth-order valence-electron chi connectivity index (χ4n) is 3.98. The minimum atomic E-state index is 0.505. The van der Waals surface area contributed by atoms with Gasteiger partial charge in [-0.05, 0) is 44.7 Å². The molecule has 0 unspecified atom stereocenters. The molecule has 1 aliphatic heterocycles. The number of pyridine rings is 1. The van der Waals surface area contributed by atoms with Crippen molar-refractivity contribution in [3.8, 4) is 11.5 Å². The van der Waals surface area contributed by atoms with Gasteiger partial charge in [0.2, 0.25) is 0 Å². The molecule has 25 heavy (non-hydrogen) atoms. The molecule has 0 atom stereocenters. The Balaban J connectivity index is 1.75. The molecular formula is C20H27N3O2. The zero-order chi connectivity index (χ0) is 17.6. The van der Waals surface area contributed by atoms with Gasteiger partial charge in [-0.3, -0.25) is 9.88 Å². The van der Waals surface area contributed by atoms with Crippen molar-refractivity contribution in [1.82, 2.24) is 9.88 Å². The van der Waals surface area contributed by atoms with E-state index in [2.05, 4.69) is 30.1 Å². The molecule has 1 aliphatic carbocycles. The molecule has 0 bridgehead atoms. The van der Waals surface area contributed by atoms with E-state index in [-0.39, 0.29) is 0 Å². The first-order valence-electron chi connectivity index (χ1n) is 9.18. The number of ether oxygens (including phenoxy) is 2. The van der Waals surface area contributed by atoms with Gasteiger partial charge in [-0.1, -0.05) is 0 Å². The number of methoxy groups -OCH3 is 2. The van der Waals surface area contributed by atoms with Crippen LogP contribution in [-0.2, 0) is 12.8 Å². The standard InChI is InChI=1S/C20H27N3O2/c1-12(2)23-10-13(11-23)21-20-14-6-5-7-16(14)22-17-9-19(25-4)18(24-3)8-15(17)20/h8-9,12-13H,5-7,10-11H2,1-4H3,(H,21,22). The first-order chi connectivity index (χ1) is 12.1.